The van der Waals surface area contributed by atoms with Gasteiger partial charge >= 0.3 is 6.01 Å². The molecule has 4 aliphatic rings. The maximum absolute atomic E-state index is 16.8. The van der Waals surface area contributed by atoms with Crippen molar-refractivity contribution in [1.82, 2.24) is 19.9 Å². The van der Waals surface area contributed by atoms with Crippen LogP contribution >= 0.6 is 0 Å². The Morgan fingerprint density at radius 1 is 1.14 bits per heavy atom. The number of alkyl halides is 1. The maximum Gasteiger partial charge on any atom is 0.319 e. The number of anilines is 1. The molecule has 44 heavy (non-hydrogen) atoms. The topological polar surface area (TPSA) is 83.8 Å². The van der Waals surface area contributed by atoms with Crippen molar-refractivity contribution >= 4 is 27.5 Å². The van der Waals surface area contributed by atoms with Crippen LogP contribution in [0.2, 0.25) is 0 Å². The standard InChI is InChI=1S/C33H34F3N5O3/c1-2-22-25(35)5-4-19-10-21(42)11-23(26(19)22)28-27(36)29-24(13-37-28)30(40-9-7-32(15-40)16-43-17-32)39-31(38-29)44-18-33-6-3-8-41(33)14-20(34)12-33/h4-5,10-11,13,20,42H,2-3,6-9,12,14-18H2,1H3/t20-,33+/m1/s1. The molecule has 0 amide bonds. The van der Waals surface area contributed by atoms with Crippen molar-refractivity contribution in [2.75, 3.05) is 50.9 Å². The third kappa shape index (κ3) is 4.30. The number of fused-ring (bicyclic) bond motifs is 3. The Bertz CT molecular complexity index is 1800. The molecular weight excluding hydrogens is 571 g/mol. The number of pyridine rings is 1. The van der Waals surface area contributed by atoms with Crippen LogP contribution in [0.15, 0.2) is 30.5 Å². The number of aromatic nitrogens is 3. The van der Waals surface area contributed by atoms with E-state index in [1.54, 1.807) is 12.3 Å². The monoisotopic (exact) mass is 605 g/mol. The molecule has 6 heterocycles. The van der Waals surface area contributed by atoms with Crippen LogP contribution < -0.4 is 9.64 Å². The first-order chi connectivity index (χ1) is 21.3. The lowest BCUT2D eigenvalue weighted by molar-refractivity contribution is -0.0985. The second kappa shape index (κ2) is 10.2. The number of halogens is 3. The zero-order chi connectivity index (χ0) is 30.2. The highest BCUT2D eigenvalue weighted by Crippen LogP contribution is 2.44. The van der Waals surface area contributed by atoms with Crippen LogP contribution in [0.3, 0.4) is 0 Å². The van der Waals surface area contributed by atoms with Gasteiger partial charge in [0.1, 0.15) is 41.4 Å². The molecule has 4 aliphatic heterocycles. The van der Waals surface area contributed by atoms with E-state index < -0.39 is 23.3 Å². The predicted octanol–water partition coefficient (Wildman–Crippen LogP) is 5.57. The Morgan fingerprint density at radius 3 is 2.77 bits per heavy atom. The van der Waals surface area contributed by atoms with Crippen LogP contribution in [-0.4, -0.2) is 82.7 Å². The molecule has 0 unspecified atom stereocenters. The third-order valence-electron chi connectivity index (χ3n) is 10.2. The van der Waals surface area contributed by atoms with Crippen LogP contribution in [0.4, 0.5) is 19.0 Å². The molecule has 0 aliphatic carbocycles. The summed E-state index contributed by atoms with van der Waals surface area (Å²) in [5, 5.41) is 12.1. The highest BCUT2D eigenvalue weighted by molar-refractivity contribution is 6.01. The molecule has 0 radical (unpaired) electrons. The Balaban J connectivity index is 1.26. The van der Waals surface area contributed by atoms with Gasteiger partial charge in [0.25, 0.3) is 0 Å². The van der Waals surface area contributed by atoms with Gasteiger partial charge in [-0.3, -0.25) is 9.88 Å². The smallest absolute Gasteiger partial charge is 0.319 e. The van der Waals surface area contributed by atoms with E-state index in [-0.39, 0.29) is 40.6 Å². The van der Waals surface area contributed by atoms with E-state index in [2.05, 4.69) is 19.8 Å². The molecule has 2 aromatic heterocycles. The van der Waals surface area contributed by atoms with Crippen molar-refractivity contribution in [3.8, 4) is 23.0 Å². The molecule has 1 N–H and O–H groups in total. The van der Waals surface area contributed by atoms with E-state index in [0.717, 1.165) is 32.4 Å². The number of rotatable bonds is 6. The van der Waals surface area contributed by atoms with Crippen molar-refractivity contribution in [2.24, 2.45) is 5.41 Å². The van der Waals surface area contributed by atoms with Crippen LogP contribution in [0.5, 0.6) is 11.8 Å². The molecule has 8 nitrogen and oxygen atoms in total. The van der Waals surface area contributed by atoms with Gasteiger partial charge in [0.2, 0.25) is 0 Å². The number of nitrogens with zero attached hydrogens (tertiary/aromatic N) is 5. The molecule has 11 heteroatoms. The zero-order valence-corrected chi connectivity index (χ0v) is 24.6. The summed E-state index contributed by atoms with van der Waals surface area (Å²) in [6, 6.07) is 5.90. The Hall–Kier alpha value is -3.70. The second-order valence-electron chi connectivity index (χ2n) is 13.0. The lowest BCUT2D eigenvalue weighted by atomic mass is 9.85. The first-order valence-electron chi connectivity index (χ1n) is 15.4. The fourth-order valence-corrected chi connectivity index (χ4v) is 7.94. The molecule has 8 rings (SSSR count). The number of aryl methyl sites for hydroxylation is 1. The van der Waals surface area contributed by atoms with Gasteiger partial charge in [0.15, 0.2) is 5.82 Å². The summed E-state index contributed by atoms with van der Waals surface area (Å²) in [4.78, 5) is 18.2. The summed E-state index contributed by atoms with van der Waals surface area (Å²) in [7, 11) is 0. The molecular formula is C33H34F3N5O3. The van der Waals surface area contributed by atoms with Crippen LogP contribution in [0.25, 0.3) is 32.9 Å². The normalized spacial score (nSPS) is 24.5. The minimum Gasteiger partial charge on any atom is -0.508 e. The van der Waals surface area contributed by atoms with E-state index in [4.69, 9.17) is 14.5 Å². The number of hydrogen-bond acceptors (Lipinski definition) is 8. The molecule has 2 aromatic carbocycles. The molecule has 2 atom stereocenters. The number of benzene rings is 2. The molecule has 4 saturated heterocycles. The number of phenols is 1. The fraction of sp³-hybridized carbons (Fsp3) is 0.485. The molecule has 0 bridgehead atoms. The van der Waals surface area contributed by atoms with Gasteiger partial charge in [-0.15, -0.1) is 0 Å². The van der Waals surface area contributed by atoms with Crippen LogP contribution in [-0.2, 0) is 11.2 Å². The average molecular weight is 606 g/mol. The van der Waals surface area contributed by atoms with Gasteiger partial charge < -0.3 is 19.5 Å². The number of phenolic OH excluding ortho intramolecular Hbond substituents is 1. The van der Waals surface area contributed by atoms with Crippen molar-refractivity contribution in [2.45, 2.75) is 50.7 Å². The minimum atomic E-state index is -0.904. The van der Waals surface area contributed by atoms with Gasteiger partial charge in [-0.05, 0) is 66.8 Å². The van der Waals surface area contributed by atoms with Crippen LogP contribution in [0, 0.1) is 17.0 Å². The van der Waals surface area contributed by atoms with Gasteiger partial charge in [0, 0.05) is 43.2 Å². The number of hydrogen-bond donors (Lipinski definition) is 1. The Kier molecular flexibility index (Phi) is 6.43. The van der Waals surface area contributed by atoms with E-state index in [0.29, 0.717) is 66.7 Å². The third-order valence-corrected chi connectivity index (χ3v) is 10.2. The molecule has 4 aromatic rings. The van der Waals surface area contributed by atoms with Gasteiger partial charge in [-0.2, -0.15) is 9.97 Å². The van der Waals surface area contributed by atoms with E-state index in [9.17, 15) is 13.9 Å². The summed E-state index contributed by atoms with van der Waals surface area (Å²) in [5.41, 5.74) is 0.319. The highest BCUT2D eigenvalue weighted by Gasteiger charge is 2.49. The van der Waals surface area contributed by atoms with E-state index in [1.165, 1.54) is 18.2 Å². The van der Waals surface area contributed by atoms with Crippen molar-refractivity contribution in [3.63, 3.8) is 0 Å². The van der Waals surface area contributed by atoms with Gasteiger partial charge in [0.05, 0.1) is 24.1 Å². The molecule has 0 saturated carbocycles. The summed E-state index contributed by atoms with van der Waals surface area (Å²) >= 11 is 0. The van der Waals surface area contributed by atoms with E-state index in [1.807, 2.05) is 6.92 Å². The molecule has 1 spiro atoms. The second-order valence-corrected chi connectivity index (χ2v) is 13.0. The zero-order valence-electron chi connectivity index (χ0n) is 24.6. The number of aromatic hydroxyl groups is 1. The Morgan fingerprint density at radius 2 is 2.00 bits per heavy atom. The summed E-state index contributed by atoms with van der Waals surface area (Å²) in [5.74, 6) is -0.661. The lowest BCUT2D eigenvalue weighted by Crippen LogP contribution is -2.44. The van der Waals surface area contributed by atoms with Crippen molar-refractivity contribution < 1.29 is 27.8 Å². The first kappa shape index (κ1) is 27.8. The summed E-state index contributed by atoms with van der Waals surface area (Å²) in [6.45, 7) is 6.05. The van der Waals surface area contributed by atoms with Gasteiger partial charge in [-0.25, -0.2) is 13.2 Å². The molecule has 230 valence electrons. The summed E-state index contributed by atoms with van der Waals surface area (Å²) in [6.07, 6.45) is 4.15. The highest BCUT2D eigenvalue weighted by atomic mass is 19.1. The predicted molar refractivity (Wildman–Crippen MR) is 160 cm³/mol. The van der Waals surface area contributed by atoms with Crippen LogP contribution in [0.1, 0.15) is 38.2 Å². The quantitative estimate of drug-likeness (QED) is 0.306. The Labute approximate surface area is 252 Å². The van der Waals surface area contributed by atoms with Gasteiger partial charge in [-0.1, -0.05) is 13.0 Å². The van der Waals surface area contributed by atoms with Crippen molar-refractivity contribution in [3.05, 3.63) is 47.7 Å². The minimum absolute atomic E-state index is 0.0268. The maximum atomic E-state index is 16.8. The molecule has 4 fully saturated rings. The largest absolute Gasteiger partial charge is 0.508 e. The lowest BCUT2D eigenvalue weighted by Gasteiger charge is -2.37. The first-order valence-corrected chi connectivity index (χ1v) is 15.4. The number of ether oxygens (including phenoxy) is 2. The summed E-state index contributed by atoms with van der Waals surface area (Å²) < 4.78 is 57.9. The average Bonchev–Trinajstić information content (AvgIpc) is 3.69. The fourth-order valence-electron chi connectivity index (χ4n) is 7.94. The van der Waals surface area contributed by atoms with E-state index >= 15 is 4.39 Å². The van der Waals surface area contributed by atoms with Crippen molar-refractivity contribution in [1.29, 1.82) is 0 Å². The SMILES string of the molecule is CCc1c(F)ccc2cc(O)cc(-c3ncc4c(N5CCC6(COC6)C5)nc(OC[C@@]56CCCN5C[C@H](F)C6)nc4c3F)c12.